The molecule has 1 aliphatic heterocycles. The maximum atomic E-state index is 12.3. The van der Waals surface area contributed by atoms with E-state index in [4.69, 9.17) is 27.9 Å². The predicted molar refractivity (Wildman–Crippen MR) is 91.2 cm³/mol. The Morgan fingerprint density at radius 3 is 2.57 bits per heavy atom. The van der Waals surface area contributed by atoms with Crippen molar-refractivity contribution in [3.8, 4) is 5.75 Å². The molecule has 6 heteroatoms. The van der Waals surface area contributed by atoms with Crippen molar-refractivity contribution in [1.29, 1.82) is 0 Å². The largest absolute Gasteiger partial charge is 0.482 e. The SMILES string of the molecule is O=C(COc1cc(Cl)ccc1Cl)N1CCC(n2cccc2)CC1. The lowest BCUT2D eigenvalue weighted by molar-refractivity contribution is -0.134. The molecule has 2 aromatic rings. The fourth-order valence-corrected chi connectivity index (χ4v) is 3.16. The Kier molecular flexibility index (Phi) is 5.13. The molecule has 2 heterocycles. The van der Waals surface area contributed by atoms with Crippen LogP contribution in [0.3, 0.4) is 0 Å². The third-order valence-electron chi connectivity index (χ3n) is 4.11. The molecule has 0 radical (unpaired) electrons. The lowest BCUT2D eigenvalue weighted by Crippen LogP contribution is -2.41. The first-order valence-electron chi connectivity index (χ1n) is 7.61. The first-order valence-corrected chi connectivity index (χ1v) is 8.37. The smallest absolute Gasteiger partial charge is 0.260 e. The lowest BCUT2D eigenvalue weighted by Gasteiger charge is -2.32. The molecule has 1 saturated heterocycles. The first-order chi connectivity index (χ1) is 11.1. The third kappa shape index (κ3) is 4.01. The van der Waals surface area contributed by atoms with Gasteiger partial charge in [0.1, 0.15) is 5.75 Å². The van der Waals surface area contributed by atoms with Crippen LogP contribution >= 0.6 is 23.2 Å². The maximum Gasteiger partial charge on any atom is 0.260 e. The van der Waals surface area contributed by atoms with Gasteiger partial charge in [-0.25, -0.2) is 0 Å². The molecular weight excluding hydrogens is 335 g/mol. The molecule has 0 spiro atoms. The van der Waals surface area contributed by atoms with Gasteiger partial charge in [0, 0.05) is 42.6 Å². The van der Waals surface area contributed by atoms with Crippen LogP contribution in [0.15, 0.2) is 42.7 Å². The minimum Gasteiger partial charge on any atom is -0.482 e. The molecule has 0 saturated carbocycles. The van der Waals surface area contributed by atoms with E-state index in [1.54, 1.807) is 18.2 Å². The van der Waals surface area contributed by atoms with Crippen molar-refractivity contribution in [3.05, 3.63) is 52.8 Å². The van der Waals surface area contributed by atoms with Crippen LogP contribution in [-0.2, 0) is 4.79 Å². The highest BCUT2D eigenvalue weighted by atomic mass is 35.5. The van der Waals surface area contributed by atoms with E-state index in [-0.39, 0.29) is 12.5 Å². The molecule has 122 valence electrons. The van der Waals surface area contributed by atoms with E-state index in [0.29, 0.717) is 21.8 Å². The van der Waals surface area contributed by atoms with E-state index in [1.807, 2.05) is 17.0 Å². The molecule has 0 unspecified atom stereocenters. The van der Waals surface area contributed by atoms with Crippen LogP contribution in [-0.4, -0.2) is 35.1 Å². The summed E-state index contributed by atoms with van der Waals surface area (Å²) in [6, 6.07) is 9.49. The summed E-state index contributed by atoms with van der Waals surface area (Å²) in [5.41, 5.74) is 0. The summed E-state index contributed by atoms with van der Waals surface area (Å²) >= 11 is 11.9. The second kappa shape index (κ2) is 7.28. The third-order valence-corrected chi connectivity index (χ3v) is 4.66. The number of amides is 1. The summed E-state index contributed by atoms with van der Waals surface area (Å²) in [6.07, 6.45) is 6.06. The fraction of sp³-hybridized carbons (Fsp3) is 0.353. The highest BCUT2D eigenvalue weighted by Crippen LogP contribution is 2.28. The summed E-state index contributed by atoms with van der Waals surface area (Å²) in [4.78, 5) is 14.1. The second-order valence-corrected chi connectivity index (χ2v) is 6.45. The van der Waals surface area contributed by atoms with Gasteiger partial charge in [-0.15, -0.1) is 0 Å². The van der Waals surface area contributed by atoms with Crippen LogP contribution in [0.5, 0.6) is 5.75 Å². The lowest BCUT2D eigenvalue weighted by atomic mass is 10.1. The number of nitrogens with zero attached hydrogens (tertiary/aromatic N) is 2. The molecule has 0 atom stereocenters. The van der Waals surface area contributed by atoms with Crippen molar-refractivity contribution in [2.45, 2.75) is 18.9 Å². The van der Waals surface area contributed by atoms with E-state index < -0.39 is 0 Å². The number of aromatic nitrogens is 1. The van der Waals surface area contributed by atoms with Gasteiger partial charge in [-0.3, -0.25) is 4.79 Å². The Morgan fingerprint density at radius 1 is 1.17 bits per heavy atom. The molecule has 1 aliphatic rings. The molecule has 4 nitrogen and oxygen atoms in total. The Hall–Kier alpha value is -1.65. The first kappa shape index (κ1) is 16.2. The Bertz CT molecular complexity index is 665. The summed E-state index contributed by atoms with van der Waals surface area (Å²) in [6.45, 7) is 1.47. The monoisotopic (exact) mass is 352 g/mol. The molecule has 1 amide bonds. The zero-order valence-electron chi connectivity index (χ0n) is 12.6. The van der Waals surface area contributed by atoms with E-state index in [9.17, 15) is 4.79 Å². The van der Waals surface area contributed by atoms with Crippen LogP contribution in [0.2, 0.25) is 10.0 Å². The molecular formula is C17H18Cl2N2O2. The molecule has 1 fully saturated rings. The zero-order chi connectivity index (χ0) is 16.2. The van der Waals surface area contributed by atoms with Gasteiger partial charge in [-0.2, -0.15) is 0 Å². The molecule has 0 N–H and O–H groups in total. The van der Waals surface area contributed by atoms with E-state index in [1.165, 1.54) is 0 Å². The number of rotatable bonds is 4. The van der Waals surface area contributed by atoms with E-state index in [0.717, 1.165) is 25.9 Å². The van der Waals surface area contributed by atoms with Gasteiger partial charge in [-0.1, -0.05) is 23.2 Å². The van der Waals surface area contributed by atoms with E-state index in [2.05, 4.69) is 17.0 Å². The highest BCUT2D eigenvalue weighted by Gasteiger charge is 2.23. The quantitative estimate of drug-likeness (QED) is 0.832. The summed E-state index contributed by atoms with van der Waals surface area (Å²) < 4.78 is 7.73. The van der Waals surface area contributed by atoms with Crippen molar-refractivity contribution < 1.29 is 9.53 Å². The molecule has 0 bridgehead atoms. The van der Waals surface area contributed by atoms with Gasteiger partial charge >= 0.3 is 0 Å². The number of benzene rings is 1. The van der Waals surface area contributed by atoms with Gasteiger partial charge in [0.25, 0.3) is 5.91 Å². The van der Waals surface area contributed by atoms with Gasteiger partial charge < -0.3 is 14.2 Å². The standard InChI is InChI=1S/C17H18Cl2N2O2/c18-13-3-4-15(19)16(11-13)23-12-17(22)21-9-5-14(6-10-21)20-7-1-2-8-20/h1-4,7-8,11,14H,5-6,9-10,12H2. The Labute approximate surface area is 145 Å². The number of carbonyl (C=O) groups excluding carboxylic acids is 1. The van der Waals surface area contributed by atoms with Gasteiger partial charge in [0.05, 0.1) is 5.02 Å². The van der Waals surface area contributed by atoms with Crippen molar-refractivity contribution in [3.63, 3.8) is 0 Å². The second-order valence-electron chi connectivity index (χ2n) is 5.61. The number of likely N-dealkylation sites (tertiary alicyclic amines) is 1. The minimum absolute atomic E-state index is 0.0196. The normalized spacial score (nSPS) is 15.7. The van der Waals surface area contributed by atoms with Gasteiger partial charge in [0.15, 0.2) is 6.61 Å². The number of hydrogen-bond donors (Lipinski definition) is 0. The van der Waals surface area contributed by atoms with Crippen molar-refractivity contribution in [2.24, 2.45) is 0 Å². The number of halogens is 2. The fourth-order valence-electron chi connectivity index (χ4n) is 2.82. The van der Waals surface area contributed by atoms with Crippen LogP contribution in [0.25, 0.3) is 0 Å². The maximum absolute atomic E-state index is 12.3. The molecule has 1 aromatic carbocycles. The number of piperidine rings is 1. The summed E-state index contributed by atoms with van der Waals surface area (Å²) in [5.74, 6) is 0.418. The topological polar surface area (TPSA) is 34.5 Å². The van der Waals surface area contributed by atoms with Crippen LogP contribution in [0.4, 0.5) is 0 Å². The Morgan fingerprint density at radius 2 is 1.87 bits per heavy atom. The minimum atomic E-state index is -0.0213. The van der Waals surface area contributed by atoms with Gasteiger partial charge in [-0.05, 0) is 37.1 Å². The van der Waals surface area contributed by atoms with Crippen LogP contribution in [0, 0.1) is 0 Å². The highest BCUT2D eigenvalue weighted by molar-refractivity contribution is 6.34. The number of ether oxygens (including phenoxy) is 1. The van der Waals surface area contributed by atoms with Crippen LogP contribution < -0.4 is 4.74 Å². The zero-order valence-corrected chi connectivity index (χ0v) is 14.1. The Balaban J connectivity index is 1.51. The predicted octanol–water partition coefficient (Wildman–Crippen LogP) is 4.04. The van der Waals surface area contributed by atoms with E-state index >= 15 is 0 Å². The summed E-state index contributed by atoms with van der Waals surface area (Å²) in [7, 11) is 0. The molecule has 3 rings (SSSR count). The average molecular weight is 353 g/mol. The number of carbonyl (C=O) groups is 1. The summed E-state index contributed by atoms with van der Waals surface area (Å²) in [5, 5.41) is 0.984. The van der Waals surface area contributed by atoms with Crippen molar-refractivity contribution in [1.82, 2.24) is 9.47 Å². The van der Waals surface area contributed by atoms with Crippen molar-refractivity contribution in [2.75, 3.05) is 19.7 Å². The van der Waals surface area contributed by atoms with Crippen LogP contribution in [0.1, 0.15) is 18.9 Å². The number of hydrogen-bond acceptors (Lipinski definition) is 2. The molecule has 23 heavy (non-hydrogen) atoms. The van der Waals surface area contributed by atoms with Crippen molar-refractivity contribution >= 4 is 29.1 Å². The average Bonchev–Trinajstić information content (AvgIpc) is 3.10. The molecule has 0 aliphatic carbocycles. The van der Waals surface area contributed by atoms with Gasteiger partial charge in [0.2, 0.25) is 0 Å². The molecule has 1 aromatic heterocycles.